The highest BCUT2D eigenvalue weighted by Crippen LogP contribution is 2.43. The van der Waals surface area contributed by atoms with E-state index < -0.39 is 63.2 Å². The van der Waals surface area contributed by atoms with Gasteiger partial charge < -0.3 is 26.2 Å². The maximum atomic E-state index is 13.2. The van der Waals surface area contributed by atoms with E-state index in [4.69, 9.17) is 15.0 Å². The normalized spacial score (nSPS) is 12.3. The van der Waals surface area contributed by atoms with E-state index in [0.717, 1.165) is 11.8 Å². The second-order valence-corrected chi connectivity index (χ2v) is 19.6. The van der Waals surface area contributed by atoms with Gasteiger partial charge in [0, 0.05) is 45.2 Å². The van der Waals surface area contributed by atoms with Gasteiger partial charge in [0.1, 0.15) is 16.3 Å². The molecule has 0 atom stereocenters. The molecule has 0 unspecified atom stereocenters. The Kier molecular flexibility index (Phi) is 13.7. The lowest BCUT2D eigenvalue weighted by Gasteiger charge is -2.13. The number of nitrogen functional groups attached to an aromatic ring is 1. The summed E-state index contributed by atoms with van der Waals surface area (Å²) in [5, 5.41) is 35.4. The summed E-state index contributed by atoms with van der Waals surface area (Å²) in [6, 6.07) is 29.5. The number of hydrogen-bond acceptors (Lipinski definition) is 15. The fraction of sp³-hybridized carbons (Fsp3) is 0.133. The molecule has 0 aliphatic heterocycles. The lowest BCUT2D eigenvalue weighted by Crippen LogP contribution is -2.11. The van der Waals surface area contributed by atoms with E-state index in [1.54, 1.807) is 92.7 Å². The SMILES string of the molecule is Cc1cc(N=Nc2c(S(=O)(=O)O)cc3cc(Nc4ccc(N)cc4)ccc3c2O)c(C)cc1N=Nc1ccc(C(=O)Nc2ccc3c(OCCCCS(=O)(=O)O)cc(S(=O)(=O)O)cc3c2)cc1. The largest absolute Gasteiger partial charge is 0.505 e. The number of ether oxygens (including phenoxy) is 1. The summed E-state index contributed by atoms with van der Waals surface area (Å²) in [5.41, 5.74) is 10.1. The number of rotatable bonds is 16. The van der Waals surface area contributed by atoms with Crippen molar-refractivity contribution in [2.45, 2.75) is 36.5 Å². The fourth-order valence-electron chi connectivity index (χ4n) is 6.78. The van der Waals surface area contributed by atoms with Crippen LogP contribution in [0.1, 0.15) is 34.3 Å². The van der Waals surface area contributed by atoms with Crippen LogP contribution in [-0.2, 0) is 30.4 Å². The second-order valence-electron chi connectivity index (χ2n) is 15.2. The van der Waals surface area contributed by atoms with Gasteiger partial charge in [0.25, 0.3) is 36.3 Å². The molecule has 0 heterocycles. The first-order valence-electron chi connectivity index (χ1n) is 20.0. The first kappa shape index (κ1) is 47.6. The van der Waals surface area contributed by atoms with E-state index >= 15 is 0 Å². The van der Waals surface area contributed by atoms with Crippen LogP contribution in [0.2, 0.25) is 0 Å². The molecule has 0 saturated carbocycles. The van der Waals surface area contributed by atoms with Gasteiger partial charge in [-0.1, -0.05) is 0 Å². The zero-order valence-electron chi connectivity index (χ0n) is 35.4. The molecule has 19 nitrogen and oxygen atoms in total. The fourth-order valence-corrected chi connectivity index (χ4v) is 8.54. The summed E-state index contributed by atoms with van der Waals surface area (Å²) in [6.45, 7) is 3.45. The third-order valence-electron chi connectivity index (χ3n) is 10.2. The van der Waals surface area contributed by atoms with Crippen LogP contribution in [0.3, 0.4) is 0 Å². The lowest BCUT2D eigenvalue weighted by atomic mass is 10.1. The molecule has 0 aromatic heterocycles. The molecule has 7 aromatic rings. The minimum Gasteiger partial charge on any atom is -0.505 e. The molecule has 1 amide bonds. The Labute approximate surface area is 384 Å². The van der Waals surface area contributed by atoms with Crippen LogP contribution >= 0.6 is 0 Å². The van der Waals surface area contributed by atoms with Gasteiger partial charge in [0.15, 0.2) is 5.75 Å². The molecular formula is C45H41N7O12S3. The summed E-state index contributed by atoms with van der Waals surface area (Å²) in [6.07, 6.45) is 0.328. The van der Waals surface area contributed by atoms with Gasteiger partial charge in [0.2, 0.25) is 0 Å². The van der Waals surface area contributed by atoms with Crippen LogP contribution in [0.5, 0.6) is 11.5 Å². The molecule has 22 heteroatoms. The van der Waals surface area contributed by atoms with Crippen molar-refractivity contribution < 1.29 is 53.5 Å². The molecule has 0 spiro atoms. The Balaban J connectivity index is 1.04. The van der Waals surface area contributed by atoms with Crippen molar-refractivity contribution in [2.24, 2.45) is 20.5 Å². The molecule has 7 rings (SSSR count). The smallest absolute Gasteiger partial charge is 0.296 e. The predicted molar refractivity (Wildman–Crippen MR) is 253 cm³/mol. The van der Waals surface area contributed by atoms with Crippen molar-refractivity contribution in [2.75, 3.05) is 28.7 Å². The average molecular weight is 968 g/mol. The summed E-state index contributed by atoms with van der Waals surface area (Å²) in [5.74, 6) is -1.37. The number of benzene rings is 7. The maximum absolute atomic E-state index is 13.2. The van der Waals surface area contributed by atoms with Crippen molar-refractivity contribution in [3.63, 3.8) is 0 Å². The van der Waals surface area contributed by atoms with Gasteiger partial charge in [-0.2, -0.15) is 40.6 Å². The maximum Gasteiger partial charge on any atom is 0.296 e. The number of anilines is 4. The molecule has 0 radical (unpaired) electrons. The molecule has 0 saturated heterocycles. The van der Waals surface area contributed by atoms with E-state index in [2.05, 4.69) is 31.1 Å². The highest BCUT2D eigenvalue weighted by Gasteiger charge is 2.23. The number of hydrogen-bond donors (Lipinski definition) is 7. The van der Waals surface area contributed by atoms with Gasteiger partial charge in [0.05, 0.1) is 34.3 Å². The Bertz CT molecular complexity index is 3480. The molecular weight excluding hydrogens is 927 g/mol. The monoisotopic (exact) mass is 967 g/mol. The zero-order chi connectivity index (χ0) is 48.3. The van der Waals surface area contributed by atoms with Gasteiger partial charge in [-0.25, -0.2) is 0 Å². The Morgan fingerprint density at radius 1 is 0.642 bits per heavy atom. The molecule has 0 bridgehead atoms. The quantitative estimate of drug-likeness (QED) is 0.0205. The highest BCUT2D eigenvalue weighted by molar-refractivity contribution is 7.86. The molecule has 346 valence electrons. The molecule has 7 aromatic carbocycles. The first-order valence-corrected chi connectivity index (χ1v) is 24.5. The highest BCUT2D eigenvalue weighted by atomic mass is 32.2. The van der Waals surface area contributed by atoms with Crippen molar-refractivity contribution in [3.05, 3.63) is 132 Å². The number of azo groups is 2. The number of carbonyl (C=O) groups excluding carboxylic acids is 1. The van der Waals surface area contributed by atoms with E-state index in [-0.39, 0.29) is 36.1 Å². The number of nitrogens with one attached hydrogen (secondary N) is 2. The van der Waals surface area contributed by atoms with Crippen LogP contribution < -0.4 is 21.1 Å². The Morgan fingerprint density at radius 2 is 1.24 bits per heavy atom. The van der Waals surface area contributed by atoms with Crippen molar-refractivity contribution in [1.82, 2.24) is 0 Å². The summed E-state index contributed by atoms with van der Waals surface area (Å²) < 4.78 is 106. The van der Waals surface area contributed by atoms with Gasteiger partial charge in [-0.15, -0.1) is 5.11 Å². The summed E-state index contributed by atoms with van der Waals surface area (Å²) >= 11 is 0. The first-order chi connectivity index (χ1) is 31.6. The topological polar surface area (TPSA) is 309 Å². The van der Waals surface area contributed by atoms with Crippen molar-refractivity contribution >= 4 is 103 Å². The molecule has 0 aliphatic carbocycles. The number of unbranched alkanes of at least 4 members (excludes halogenated alkanes) is 1. The van der Waals surface area contributed by atoms with E-state index in [0.29, 0.717) is 61.4 Å². The number of nitrogens with zero attached hydrogens (tertiary/aromatic N) is 4. The van der Waals surface area contributed by atoms with Gasteiger partial charge in [-0.3, -0.25) is 18.5 Å². The van der Waals surface area contributed by atoms with Crippen LogP contribution in [0, 0.1) is 13.8 Å². The zero-order valence-corrected chi connectivity index (χ0v) is 37.9. The molecule has 0 fully saturated rings. The number of nitrogens with two attached hydrogens (primary N) is 1. The third kappa shape index (κ3) is 11.9. The number of phenols is 1. The van der Waals surface area contributed by atoms with Crippen molar-refractivity contribution in [3.8, 4) is 11.5 Å². The third-order valence-corrected chi connectivity index (χ3v) is 12.7. The summed E-state index contributed by atoms with van der Waals surface area (Å²) in [4.78, 5) is 12.1. The van der Waals surface area contributed by atoms with Crippen LogP contribution in [0.25, 0.3) is 21.5 Å². The van der Waals surface area contributed by atoms with Gasteiger partial charge in [-0.05, 0) is 158 Å². The predicted octanol–water partition coefficient (Wildman–Crippen LogP) is 10.3. The van der Waals surface area contributed by atoms with Gasteiger partial charge >= 0.3 is 0 Å². The lowest BCUT2D eigenvalue weighted by molar-refractivity contribution is 0.102. The number of phenolic OH excluding ortho intramolecular Hbond substituents is 1. The molecule has 8 N–H and O–H groups in total. The number of aromatic hydroxyl groups is 1. The van der Waals surface area contributed by atoms with Crippen LogP contribution in [0.15, 0.2) is 146 Å². The second kappa shape index (κ2) is 19.2. The van der Waals surface area contributed by atoms with E-state index in [1.807, 2.05) is 0 Å². The number of fused-ring (bicyclic) bond motifs is 2. The molecule has 67 heavy (non-hydrogen) atoms. The van der Waals surface area contributed by atoms with Crippen LogP contribution in [0.4, 0.5) is 45.5 Å². The van der Waals surface area contributed by atoms with E-state index in [1.165, 1.54) is 30.3 Å². The molecule has 0 aliphatic rings. The van der Waals surface area contributed by atoms with Crippen LogP contribution in [-0.4, -0.2) is 62.3 Å². The minimum absolute atomic E-state index is 0.00894. The average Bonchev–Trinajstić information content (AvgIpc) is 3.26. The summed E-state index contributed by atoms with van der Waals surface area (Å²) in [7, 11) is -13.7. The minimum atomic E-state index is -4.87. The number of amides is 1. The Morgan fingerprint density at radius 3 is 1.88 bits per heavy atom. The number of aryl methyl sites for hydroxylation is 2. The van der Waals surface area contributed by atoms with E-state index in [9.17, 15) is 44.3 Å². The Hall–Kier alpha value is -7.34. The van der Waals surface area contributed by atoms with Crippen molar-refractivity contribution in [1.29, 1.82) is 0 Å². The standard InChI is InChI=1S/C45H41N7O12S3/c1-26-20-40(51-52-43-42(67(61,62)63)24-30-22-34(14-16-38(30)44(43)53)47-32-11-7-31(46)8-12-32)27(2)19-39(26)50-49-33-9-5-28(6-10-33)45(54)48-35-13-15-37-29(21-35)23-36(66(58,59)60)25-41(37)64-17-3-4-18-65(55,56)57/h5-16,19-25,47,53H,3-4,17-18,46H2,1-2H3,(H,48,54)(H,55,56,57)(H,58,59,60)(H,61,62,63). The number of carbonyl (C=O) groups is 1.